The highest BCUT2D eigenvalue weighted by Crippen LogP contribution is 2.41. The number of hydrogen-bond acceptors (Lipinski definition) is 1. The van der Waals surface area contributed by atoms with Gasteiger partial charge in [0.15, 0.2) is 0 Å². The molecule has 1 atom stereocenters. The molecule has 0 aromatic heterocycles. The number of halogens is 1. The minimum atomic E-state index is -0.119. The highest BCUT2D eigenvalue weighted by atomic mass is 35.5. The molecular weight excluding hydrogens is 280 g/mol. The van der Waals surface area contributed by atoms with Gasteiger partial charge in [0.1, 0.15) is 5.75 Å². The van der Waals surface area contributed by atoms with Crippen LogP contribution in [0, 0.1) is 13.8 Å². The highest BCUT2D eigenvalue weighted by molar-refractivity contribution is 6.22. The van der Waals surface area contributed by atoms with Gasteiger partial charge in [0.25, 0.3) is 0 Å². The Bertz CT molecular complexity index is 688. The molecule has 2 aromatic rings. The quantitative estimate of drug-likeness (QED) is 0.684. The second-order valence-corrected chi connectivity index (χ2v) is 7.07. The summed E-state index contributed by atoms with van der Waals surface area (Å²) in [6, 6.07) is 12.8. The van der Waals surface area contributed by atoms with Crippen LogP contribution >= 0.6 is 11.6 Å². The van der Waals surface area contributed by atoms with E-state index in [0.29, 0.717) is 0 Å². The molecule has 0 N–H and O–H groups in total. The lowest BCUT2D eigenvalue weighted by molar-refractivity contribution is 0.291. The third-order valence-corrected chi connectivity index (χ3v) is 4.94. The molecule has 1 aliphatic rings. The van der Waals surface area contributed by atoms with Gasteiger partial charge in [0.05, 0.1) is 12.0 Å². The van der Waals surface area contributed by atoms with Crippen molar-refractivity contribution in [2.24, 2.45) is 0 Å². The van der Waals surface area contributed by atoms with Gasteiger partial charge in [-0.1, -0.05) is 38.1 Å². The summed E-state index contributed by atoms with van der Waals surface area (Å²) >= 11 is 6.71. The number of rotatable bonds is 2. The summed E-state index contributed by atoms with van der Waals surface area (Å²) in [4.78, 5) is 0. The molecule has 1 unspecified atom stereocenters. The maximum Gasteiger partial charge on any atom is 0.123 e. The Morgan fingerprint density at radius 2 is 1.67 bits per heavy atom. The van der Waals surface area contributed by atoms with Crippen molar-refractivity contribution >= 4 is 11.6 Å². The lowest BCUT2D eigenvalue weighted by Gasteiger charge is -2.18. The van der Waals surface area contributed by atoms with Crippen molar-refractivity contribution in [3.63, 3.8) is 0 Å². The van der Waals surface area contributed by atoms with E-state index in [1.54, 1.807) is 0 Å². The minimum Gasteiger partial charge on any atom is -0.492 e. The topological polar surface area (TPSA) is 9.23 Å². The van der Waals surface area contributed by atoms with Gasteiger partial charge in [-0.15, -0.1) is 11.6 Å². The van der Waals surface area contributed by atoms with Crippen LogP contribution in [0.1, 0.15) is 47.0 Å². The predicted octanol–water partition coefficient (Wildman–Crippen LogP) is 5.30. The van der Waals surface area contributed by atoms with Crippen LogP contribution in [0.25, 0.3) is 0 Å². The summed E-state index contributed by atoms with van der Waals surface area (Å²) in [7, 11) is 0. The van der Waals surface area contributed by atoms with Gasteiger partial charge >= 0.3 is 0 Å². The molecule has 3 rings (SSSR count). The molecule has 0 bridgehead atoms. The van der Waals surface area contributed by atoms with Crippen molar-refractivity contribution in [2.45, 2.75) is 38.5 Å². The predicted molar refractivity (Wildman–Crippen MR) is 88.6 cm³/mol. The molecule has 0 spiro atoms. The summed E-state index contributed by atoms with van der Waals surface area (Å²) in [5.41, 5.74) is 6.18. The molecule has 2 heteroatoms. The molecule has 1 heterocycles. The third-order valence-electron chi connectivity index (χ3n) is 4.44. The van der Waals surface area contributed by atoms with E-state index in [1.807, 2.05) is 0 Å². The molecule has 110 valence electrons. The van der Waals surface area contributed by atoms with Gasteiger partial charge < -0.3 is 4.74 Å². The van der Waals surface area contributed by atoms with E-state index in [0.717, 1.165) is 23.5 Å². The Morgan fingerprint density at radius 3 is 2.38 bits per heavy atom. The molecular formula is C19H21ClO. The lowest BCUT2D eigenvalue weighted by Crippen LogP contribution is -2.18. The first-order valence-corrected chi connectivity index (χ1v) is 7.80. The molecule has 1 nitrogen and oxygen atoms in total. The standard InChI is InChI=1S/C19H21ClO/c1-12-5-6-14(9-13(12)2)18(20)15-7-8-17-16(10-15)19(3,4)11-21-17/h5-10,18H,11H2,1-4H3. The van der Waals surface area contributed by atoms with Crippen molar-refractivity contribution in [2.75, 3.05) is 6.61 Å². The molecule has 0 saturated carbocycles. The van der Waals surface area contributed by atoms with Crippen LogP contribution in [0.3, 0.4) is 0 Å². The monoisotopic (exact) mass is 300 g/mol. The SMILES string of the molecule is Cc1ccc(C(Cl)c2ccc3c(c2)C(C)(C)CO3)cc1C. The fourth-order valence-corrected chi connectivity index (χ4v) is 3.08. The van der Waals surface area contributed by atoms with Crippen molar-refractivity contribution in [3.05, 3.63) is 64.2 Å². The van der Waals surface area contributed by atoms with E-state index in [4.69, 9.17) is 16.3 Å². The average molecular weight is 301 g/mol. The van der Waals surface area contributed by atoms with Crippen LogP contribution < -0.4 is 4.74 Å². The van der Waals surface area contributed by atoms with Crippen LogP contribution in [-0.2, 0) is 5.41 Å². The third kappa shape index (κ3) is 2.55. The Hall–Kier alpha value is -1.47. The Labute approximate surface area is 131 Å². The second-order valence-electron chi connectivity index (χ2n) is 6.63. The number of alkyl halides is 1. The van der Waals surface area contributed by atoms with Gasteiger partial charge in [-0.2, -0.15) is 0 Å². The first-order chi connectivity index (χ1) is 9.88. The zero-order chi connectivity index (χ0) is 15.2. The van der Waals surface area contributed by atoms with E-state index in [2.05, 4.69) is 64.1 Å². The van der Waals surface area contributed by atoms with Gasteiger partial charge in [0, 0.05) is 11.0 Å². The molecule has 1 aliphatic heterocycles. The first-order valence-electron chi connectivity index (χ1n) is 7.37. The maximum absolute atomic E-state index is 6.71. The van der Waals surface area contributed by atoms with Gasteiger partial charge in [-0.25, -0.2) is 0 Å². The number of hydrogen-bond donors (Lipinski definition) is 0. The molecule has 2 aromatic carbocycles. The Balaban J connectivity index is 1.99. The lowest BCUT2D eigenvalue weighted by atomic mass is 9.85. The van der Waals surface area contributed by atoms with Crippen molar-refractivity contribution in [3.8, 4) is 5.75 Å². The molecule has 0 fully saturated rings. The van der Waals surface area contributed by atoms with Crippen LogP contribution in [0.4, 0.5) is 0 Å². The number of ether oxygens (including phenoxy) is 1. The molecule has 0 radical (unpaired) electrons. The fraction of sp³-hybridized carbons (Fsp3) is 0.368. The zero-order valence-corrected chi connectivity index (χ0v) is 13.8. The minimum absolute atomic E-state index is 0.0607. The fourth-order valence-electron chi connectivity index (χ4n) is 2.81. The Morgan fingerprint density at radius 1 is 1.00 bits per heavy atom. The molecule has 0 aliphatic carbocycles. The van der Waals surface area contributed by atoms with Crippen LogP contribution in [-0.4, -0.2) is 6.61 Å². The first kappa shape index (κ1) is 14.5. The van der Waals surface area contributed by atoms with Gasteiger partial charge in [-0.05, 0) is 48.2 Å². The van der Waals surface area contributed by atoms with E-state index in [1.165, 1.54) is 16.7 Å². The van der Waals surface area contributed by atoms with E-state index in [9.17, 15) is 0 Å². The van der Waals surface area contributed by atoms with E-state index >= 15 is 0 Å². The number of aryl methyl sites for hydroxylation is 2. The Kier molecular flexibility index (Phi) is 3.49. The van der Waals surface area contributed by atoms with Gasteiger partial charge in [0.2, 0.25) is 0 Å². The summed E-state index contributed by atoms with van der Waals surface area (Å²) in [5, 5.41) is -0.119. The van der Waals surface area contributed by atoms with Crippen molar-refractivity contribution in [1.29, 1.82) is 0 Å². The van der Waals surface area contributed by atoms with Crippen LogP contribution in [0.5, 0.6) is 5.75 Å². The van der Waals surface area contributed by atoms with Crippen LogP contribution in [0.15, 0.2) is 36.4 Å². The second kappa shape index (κ2) is 5.06. The summed E-state index contributed by atoms with van der Waals surface area (Å²) < 4.78 is 5.75. The number of benzene rings is 2. The number of fused-ring (bicyclic) bond motifs is 1. The molecule has 0 amide bonds. The molecule has 0 saturated heterocycles. The van der Waals surface area contributed by atoms with Crippen molar-refractivity contribution < 1.29 is 4.74 Å². The van der Waals surface area contributed by atoms with Gasteiger partial charge in [-0.3, -0.25) is 0 Å². The highest BCUT2D eigenvalue weighted by Gasteiger charge is 2.32. The maximum atomic E-state index is 6.71. The summed E-state index contributed by atoms with van der Waals surface area (Å²) in [6.07, 6.45) is 0. The zero-order valence-electron chi connectivity index (χ0n) is 13.0. The largest absolute Gasteiger partial charge is 0.492 e. The van der Waals surface area contributed by atoms with E-state index < -0.39 is 0 Å². The summed E-state index contributed by atoms with van der Waals surface area (Å²) in [5.74, 6) is 0.993. The normalized spacial score (nSPS) is 17.2. The van der Waals surface area contributed by atoms with E-state index in [-0.39, 0.29) is 10.8 Å². The van der Waals surface area contributed by atoms with Crippen LogP contribution in [0.2, 0.25) is 0 Å². The van der Waals surface area contributed by atoms with Crippen molar-refractivity contribution in [1.82, 2.24) is 0 Å². The summed E-state index contributed by atoms with van der Waals surface area (Å²) in [6.45, 7) is 9.41. The average Bonchev–Trinajstić information content (AvgIpc) is 2.76. The molecule has 21 heavy (non-hydrogen) atoms. The smallest absolute Gasteiger partial charge is 0.123 e.